The second-order valence-electron chi connectivity index (χ2n) is 10.5. The van der Waals surface area contributed by atoms with Crippen LogP contribution in [-0.2, 0) is 9.59 Å². The molecular weight excluding hydrogens is 692 g/mol. The van der Waals surface area contributed by atoms with Gasteiger partial charge in [0, 0.05) is 31.6 Å². The van der Waals surface area contributed by atoms with Crippen LogP contribution in [0.1, 0.15) is 34.0 Å². The number of hydrogen-bond acceptors (Lipinski definition) is 6. The standard InChI is InChI=1S/C37H29BrN4O3S2/c1-23-14-16-26(17-15-23)32-22-46-37(31(32)21-39)42-34(43)24(2)47-30-13-7-12-29(20-30)40-36(45)33(19-25-8-6-11-28(38)18-25)41-35(44)27-9-4-3-5-10-27/h3-20,22,24H,1-2H3,(H,40,45)(H,41,44)(H,42,43)/b33-19+. The van der Waals surface area contributed by atoms with Gasteiger partial charge in [0.2, 0.25) is 5.91 Å². The molecule has 3 N–H and O–H groups in total. The molecule has 0 fully saturated rings. The number of anilines is 2. The first kappa shape index (κ1) is 33.4. The Morgan fingerprint density at radius 3 is 2.38 bits per heavy atom. The molecule has 0 aliphatic heterocycles. The number of thiophene rings is 1. The van der Waals surface area contributed by atoms with Gasteiger partial charge in [-0.15, -0.1) is 23.1 Å². The summed E-state index contributed by atoms with van der Waals surface area (Å²) in [6, 6.07) is 33.3. The molecule has 47 heavy (non-hydrogen) atoms. The van der Waals surface area contributed by atoms with Crippen molar-refractivity contribution in [3.63, 3.8) is 0 Å². The summed E-state index contributed by atoms with van der Waals surface area (Å²) in [6.45, 7) is 3.78. The first-order valence-corrected chi connectivity index (χ1v) is 17.1. The molecule has 0 aliphatic carbocycles. The molecule has 1 heterocycles. The normalized spacial score (nSPS) is 11.7. The number of carbonyl (C=O) groups excluding carboxylic acids is 3. The number of rotatable bonds is 10. The van der Waals surface area contributed by atoms with E-state index in [1.165, 1.54) is 23.1 Å². The van der Waals surface area contributed by atoms with Gasteiger partial charge < -0.3 is 16.0 Å². The zero-order chi connectivity index (χ0) is 33.3. The number of amides is 3. The predicted octanol–water partition coefficient (Wildman–Crippen LogP) is 8.89. The molecule has 0 spiro atoms. The van der Waals surface area contributed by atoms with E-state index in [1.807, 2.05) is 73.0 Å². The molecule has 0 aliphatic rings. The summed E-state index contributed by atoms with van der Waals surface area (Å²) in [5.74, 6) is -1.17. The van der Waals surface area contributed by atoms with Crippen LogP contribution in [0.4, 0.5) is 10.7 Å². The Balaban J connectivity index is 1.28. The summed E-state index contributed by atoms with van der Waals surface area (Å²) < 4.78 is 0.831. The minimum Gasteiger partial charge on any atom is -0.321 e. The Bertz CT molecular complexity index is 2000. The van der Waals surface area contributed by atoms with E-state index in [0.717, 1.165) is 31.6 Å². The maximum atomic E-state index is 13.5. The third-order valence-electron chi connectivity index (χ3n) is 6.96. The molecule has 0 bridgehead atoms. The van der Waals surface area contributed by atoms with Crippen LogP contribution in [0.15, 0.2) is 124 Å². The minimum absolute atomic E-state index is 0.0667. The van der Waals surface area contributed by atoms with Crippen molar-refractivity contribution in [2.75, 3.05) is 10.6 Å². The highest BCUT2D eigenvalue weighted by Crippen LogP contribution is 2.36. The lowest BCUT2D eigenvalue weighted by atomic mass is 10.0. The van der Waals surface area contributed by atoms with Gasteiger partial charge in [0.15, 0.2) is 0 Å². The van der Waals surface area contributed by atoms with Crippen molar-refractivity contribution < 1.29 is 14.4 Å². The number of carbonyl (C=O) groups is 3. The van der Waals surface area contributed by atoms with Gasteiger partial charge in [-0.25, -0.2) is 0 Å². The molecule has 1 atom stereocenters. The van der Waals surface area contributed by atoms with Crippen molar-refractivity contribution in [2.45, 2.75) is 24.0 Å². The molecule has 5 rings (SSSR count). The van der Waals surface area contributed by atoms with Crippen LogP contribution in [0.3, 0.4) is 0 Å². The fourth-order valence-corrected chi connectivity index (χ4v) is 6.79. The summed E-state index contributed by atoms with van der Waals surface area (Å²) in [5.41, 5.74) is 4.95. The zero-order valence-electron chi connectivity index (χ0n) is 25.4. The molecule has 0 saturated heterocycles. The van der Waals surface area contributed by atoms with Gasteiger partial charge in [-0.3, -0.25) is 14.4 Å². The molecule has 234 valence electrons. The summed E-state index contributed by atoms with van der Waals surface area (Å²) in [5, 5.41) is 20.3. The number of benzene rings is 4. The van der Waals surface area contributed by atoms with Crippen LogP contribution in [-0.4, -0.2) is 23.0 Å². The highest BCUT2D eigenvalue weighted by atomic mass is 79.9. The molecule has 0 saturated carbocycles. The Hall–Kier alpha value is -4.95. The summed E-state index contributed by atoms with van der Waals surface area (Å²) in [6.07, 6.45) is 1.61. The van der Waals surface area contributed by atoms with E-state index in [0.29, 0.717) is 21.8 Å². The second-order valence-corrected chi connectivity index (χ2v) is 13.7. The molecular formula is C37H29BrN4O3S2. The molecule has 1 unspecified atom stereocenters. The van der Waals surface area contributed by atoms with E-state index in [4.69, 9.17) is 0 Å². The Morgan fingerprint density at radius 2 is 1.66 bits per heavy atom. The fraction of sp³-hybridized carbons (Fsp3) is 0.0811. The van der Waals surface area contributed by atoms with Crippen LogP contribution >= 0.6 is 39.0 Å². The van der Waals surface area contributed by atoms with E-state index in [9.17, 15) is 19.6 Å². The molecule has 5 aromatic rings. The fourth-order valence-electron chi connectivity index (χ4n) is 4.53. The van der Waals surface area contributed by atoms with Crippen molar-refractivity contribution in [1.82, 2.24) is 5.32 Å². The van der Waals surface area contributed by atoms with Crippen molar-refractivity contribution in [3.8, 4) is 17.2 Å². The lowest BCUT2D eigenvalue weighted by Gasteiger charge is -2.14. The van der Waals surface area contributed by atoms with Crippen LogP contribution in [0.25, 0.3) is 17.2 Å². The van der Waals surface area contributed by atoms with Gasteiger partial charge in [-0.2, -0.15) is 5.26 Å². The molecule has 3 amide bonds. The predicted molar refractivity (Wildman–Crippen MR) is 194 cm³/mol. The van der Waals surface area contributed by atoms with E-state index in [-0.39, 0.29) is 11.6 Å². The first-order valence-electron chi connectivity index (χ1n) is 14.5. The van der Waals surface area contributed by atoms with Crippen LogP contribution in [0.5, 0.6) is 0 Å². The highest BCUT2D eigenvalue weighted by molar-refractivity contribution is 9.10. The number of aryl methyl sites for hydroxylation is 1. The van der Waals surface area contributed by atoms with Crippen LogP contribution in [0.2, 0.25) is 0 Å². The summed E-state index contributed by atoms with van der Waals surface area (Å²) >= 11 is 6.08. The Kier molecular flexibility index (Phi) is 11.1. The number of nitrogens with one attached hydrogen (secondary N) is 3. The molecule has 4 aromatic carbocycles. The first-order chi connectivity index (χ1) is 22.7. The van der Waals surface area contributed by atoms with E-state index < -0.39 is 17.1 Å². The SMILES string of the molecule is Cc1ccc(-c2csc(NC(=O)C(C)Sc3cccc(NC(=O)/C(=C\c4cccc(Br)c4)NC(=O)c4ccccc4)c3)c2C#N)cc1. The van der Waals surface area contributed by atoms with Crippen LogP contribution in [0, 0.1) is 18.3 Å². The number of thioether (sulfide) groups is 1. The van der Waals surface area contributed by atoms with E-state index in [1.54, 1.807) is 55.5 Å². The lowest BCUT2D eigenvalue weighted by Crippen LogP contribution is -2.30. The number of halogens is 1. The third-order valence-corrected chi connectivity index (χ3v) is 9.45. The third kappa shape index (κ3) is 8.86. The Morgan fingerprint density at radius 1 is 0.915 bits per heavy atom. The van der Waals surface area contributed by atoms with Gasteiger partial charge in [-0.05, 0) is 73.5 Å². The van der Waals surface area contributed by atoms with Crippen molar-refractivity contribution in [3.05, 3.63) is 141 Å². The number of hydrogen-bond donors (Lipinski definition) is 3. The maximum absolute atomic E-state index is 13.5. The Labute approximate surface area is 289 Å². The maximum Gasteiger partial charge on any atom is 0.272 e. The average Bonchev–Trinajstić information content (AvgIpc) is 3.47. The van der Waals surface area contributed by atoms with Crippen molar-refractivity contribution in [1.29, 1.82) is 5.26 Å². The number of nitriles is 1. The quantitative estimate of drug-likeness (QED) is 0.0986. The lowest BCUT2D eigenvalue weighted by molar-refractivity contribution is -0.115. The van der Waals surface area contributed by atoms with Crippen molar-refractivity contribution in [2.24, 2.45) is 0 Å². The van der Waals surface area contributed by atoms with Crippen LogP contribution < -0.4 is 16.0 Å². The van der Waals surface area contributed by atoms with Gasteiger partial charge in [-0.1, -0.05) is 82.2 Å². The van der Waals surface area contributed by atoms with Gasteiger partial charge in [0.25, 0.3) is 11.8 Å². The monoisotopic (exact) mass is 720 g/mol. The summed E-state index contributed by atoms with van der Waals surface area (Å²) in [4.78, 5) is 40.4. The highest BCUT2D eigenvalue weighted by Gasteiger charge is 2.20. The van der Waals surface area contributed by atoms with E-state index in [2.05, 4.69) is 37.9 Å². The zero-order valence-corrected chi connectivity index (χ0v) is 28.6. The molecule has 1 aromatic heterocycles. The van der Waals surface area contributed by atoms with E-state index >= 15 is 0 Å². The molecule has 10 heteroatoms. The van der Waals surface area contributed by atoms with Gasteiger partial charge >= 0.3 is 0 Å². The number of nitrogens with zero attached hydrogens (tertiary/aromatic N) is 1. The van der Waals surface area contributed by atoms with Gasteiger partial charge in [0.05, 0.1) is 10.8 Å². The van der Waals surface area contributed by atoms with Gasteiger partial charge in [0.1, 0.15) is 16.8 Å². The largest absolute Gasteiger partial charge is 0.321 e. The summed E-state index contributed by atoms with van der Waals surface area (Å²) in [7, 11) is 0. The second kappa shape index (κ2) is 15.6. The topological polar surface area (TPSA) is 111 Å². The van der Waals surface area contributed by atoms with Crippen molar-refractivity contribution >= 4 is 73.5 Å². The molecule has 7 nitrogen and oxygen atoms in total. The smallest absolute Gasteiger partial charge is 0.272 e. The minimum atomic E-state index is -0.506. The average molecular weight is 722 g/mol. The molecule has 0 radical (unpaired) electrons.